The summed E-state index contributed by atoms with van der Waals surface area (Å²) in [4.78, 5) is 22.1. The molecule has 0 saturated heterocycles. The first-order valence-electron chi connectivity index (χ1n) is 8.75. The molecule has 154 valence electrons. The van der Waals surface area contributed by atoms with Crippen LogP contribution in [-0.4, -0.2) is 29.4 Å². The first-order chi connectivity index (χ1) is 14.3. The number of carbonyl (C=O) groups excluding carboxylic acids is 1. The van der Waals surface area contributed by atoms with Crippen LogP contribution in [0.5, 0.6) is 5.75 Å². The number of hydrogen-bond donors (Lipinski definition) is 1. The molecule has 10 nitrogen and oxygen atoms in total. The van der Waals surface area contributed by atoms with E-state index >= 15 is 0 Å². The van der Waals surface area contributed by atoms with E-state index in [0.717, 1.165) is 23.9 Å². The zero-order valence-electron chi connectivity index (χ0n) is 15.2. The second-order valence-electron chi connectivity index (χ2n) is 6.49. The molecule has 0 spiro atoms. The minimum atomic E-state index is -4.27. The highest BCUT2D eigenvalue weighted by atomic mass is 32.2. The maximum Gasteiger partial charge on any atom is 0.339 e. The Bertz CT molecular complexity index is 1220. The van der Waals surface area contributed by atoms with Gasteiger partial charge in [-0.25, -0.2) is 0 Å². The smallest absolute Gasteiger partial charge is 0.339 e. The van der Waals surface area contributed by atoms with E-state index in [-0.39, 0.29) is 21.9 Å². The number of amides is 1. The van der Waals surface area contributed by atoms with Crippen LogP contribution in [0.3, 0.4) is 0 Å². The number of carbonyl (C=O) groups is 1. The summed E-state index contributed by atoms with van der Waals surface area (Å²) in [7, 11) is -4.27. The number of nitrogens with zero attached hydrogens (tertiary/aromatic N) is 3. The fourth-order valence-corrected chi connectivity index (χ4v) is 4.42. The van der Waals surface area contributed by atoms with Crippen LogP contribution in [0, 0.1) is 10.1 Å². The Labute approximate surface area is 174 Å². The first-order valence-corrected chi connectivity index (χ1v) is 11.0. The van der Waals surface area contributed by atoms with Crippen LogP contribution in [0.25, 0.3) is 0 Å². The Morgan fingerprint density at radius 1 is 1.17 bits per heavy atom. The minimum Gasteiger partial charge on any atom is -0.379 e. The standard InChI is InChI=1S/C18H14N4O6S2/c23-16(19-18-21-20-17(29-18)12-4-5-12)11-6-8-14(9-7-11)28-30(26,27)15-3-1-2-13(10-15)22(24)25/h1-3,6-10,12H,4-5H2,(H,19,21,23). The van der Waals surface area contributed by atoms with Gasteiger partial charge in [0.2, 0.25) is 5.13 Å². The van der Waals surface area contributed by atoms with Crippen molar-refractivity contribution in [2.75, 3.05) is 5.32 Å². The number of rotatable bonds is 7. The Morgan fingerprint density at radius 2 is 1.90 bits per heavy atom. The van der Waals surface area contributed by atoms with Crippen LogP contribution in [0.1, 0.15) is 34.1 Å². The van der Waals surface area contributed by atoms with Gasteiger partial charge < -0.3 is 4.18 Å². The van der Waals surface area contributed by atoms with Gasteiger partial charge in [-0.2, -0.15) is 8.42 Å². The van der Waals surface area contributed by atoms with Crippen molar-refractivity contribution < 1.29 is 22.3 Å². The molecule has 0 bridgehead atoms. The zero-order valence-corrected chi connectivity index (χ0v) is 16.9. The van der Waals surface area contributed by atoms with E-state index in [0.29, 0.717) is 11.0 Å². The van der Waals surface area contributed by atoms with Gasteiger partial charge in [0.05, 0.1) is 4.92 Å². The molecule has 30 heavy (non-hydrogen) atoms. The van der Waals surface area contributed by atoms with Gasteiger partial charge in [-0.05, 0) is 43.2 Å². The van der Waals surface area contributed by atoms with Crippen molar-refractivity contribution >= 4 is 38.2 Å². The number of non-ortho nitro benzene ring substituents is 1. The predicted molar refractivity (Wildman–Crippen MR) is 107 cm³/mol. The summed E-state index contributed by atoms with van der Waals surface area (Å²) in [5.74, 6) is -0.0100. The van der Waals surface area contributed by atoms with Crippen molar-refractivity contribution in [2.24, 2.45) is 0 Å². The molecular weight excluding hydrogens is 432 g/mol. The summed E-state index contributed by atoms with van der Waals surface area (Å²) in [6.07, 6.45) is 2.17. The lowest BCUT2D eigenvalue weighted by Gasteiger charge is -2.08. The van der Waals surface area contributed by atoms with E-state index in [2.05, 4.69) is 15.5 Å². The van der Waals surface area contributed by atoms with Crippen molar-refractivity contribution in [2.45, 2.75) is 23.7 Å². The molecule has 0 aliphatic heterocycles. The largest absolute Gasteiger partial charge is 0.379 e. The number of nitrogens with one attached hydrogen (secondary N) is 1. The van der Waals surface area contributed by atoms with Gasteiger partial charge in [0, 0.05) is 23.6 Å². The summed E-state index contributed by atoms with van der Waals surface area (Å²) in [5.41, 5.74) is -0.0912. The van der Waals surface area contributed by atoms with Crippen LogP contribution >= 0.6 is 11.3 Å². The number of nitro benzene ring substituents is 1. The highest BCUT2D eigenvalue weighted by molar-refractivity contribution is 7.87. The molecule has 1 fully saturated rings. The molecule has 0 unspecified atom stereocenters. The monoisotopic (exact) mass is 446 g/mol. The maximum atomic E-state index is 12.4. The van der Waals surface area contributed by atoms with Crippen molar-refractivity contribution in [1.82, 2.24) is 10.2 Å². The molecule has 4 rings (SSSR count). The van der Waals surface area contributed by atoms with Gasteiger partial charge in [-0.15, -0.1) is 10.2 Å². The lowest BCUT2D eigenvalue weighted by Crippen LogP contribution is -2.12. The van der Waals surface area contributed by atoms with E-state index in [1.807, 2.05) is 0 Å². The van der Waals surface area contributed by atoms with Gasteiger partial charge in [0.25, 0.3) is 11.6 Å². The molecule has 0 radical (unpaired) electrons. The topological polar surface area (TPSA) is 141 Å². The van der Waals surface area contributed by atoms with E-state index in [1.54, 1.807) is 0 Å². The van der Waals surface area contributed by atoms with E-state index in [9.17, 15) is 23.3 Å². The van der Waals surface area contributed by atoms with Gasteiger partial charge in [0.15, 0.2) is 0 Å². The average molecular weight is 446 g/mol. The molecule has 2 aromatic carbocycles. The Morgan fingerprint density at radius 3 is 2.57 bits per heavy atom. The number of aromatic nitrogens is 2. The number of anilines is 1. The summed E-state index contributed by atoms with van der Waals surface area (Å²) in [6, 6.07) is 9.98. The fraction of sp³-hybridized carbons (Fsp3) is 0.167. The van der Waals surface area contributed by atoms with Gasteiger partial charge in [-0.3, -0.25) is 20.2 Å². The third-order valence-corrected chi connectivity index (χ3v) is 6.47. The Hall–Kier alpha value is -3.38. The molecule has 1 N–H and O–H groups in total. The molecule has 1 aliphatic rings. The highest BCUT2D eigenvalue weighted by Crippen LogP contribution is 2.42. The second kappa shape index (κ2) is 7.80. The van der Waals surface area contributed by atoms with Crippen molar-refractivity contribution in [1.29, 1.82) is 0 Å². The molecule has 0 atom stereocenters. The molecule has 1 saturated carbocycles. The lowest BCUT2D eigenvalue weighted by atomic mass is 10.2. The molecular formula is C18H14N4O6S2. The fourth-order valence-electron chi connectivity index (χ4n) is 2.54. The van der Waals surface area contributed by atoms with Crippen LogP contribution in [0.2, 0.25) is 0 Å². The molecule has 1 aromatic heterocycles. The Balaban J connectivity index is 1.44. The van der Waals surface area contributed by atoms with Crippen molar-refractivity contribution in [3.8, 4) is 5.75 Å². The molecule has 1 heterocycles. The minimum absolute atomic E-state index is 0.0370. The molecule has 12 heteroatoms. The SMILES string of the molecule is O=C(Nc1nnc(C2CC2)s1)c1ccc(OS(=O)(=O)c2cccc([N+](=O)[O-])c2)cc1. The average Bonchev–Trinajstić information content (AvgIpc) is 3.47. The van der Waals surface area contributed by atoms with E-state index < -0.39 is 20.9 Å². The normalized spacial score (nSPS) is 13.6. The second-order valence-corrected chi connectivity index (χ2v) is 9.05. The zero-order chi connectivity index (χ0) is 21.3. The van der Waals surface area contributed by atoms with Gasteiger partial charge in [-0.1, -0.05) is 17.4 Å². The molecule has 1 amide bonds. The van der Waals surface area contributed by atoms with Crippen LogP contribution in [-0.2, 0) is 10.1 Å². The molecule has 1 aliphatic carbocycles. The van der Waals surface area contributed by atoms with Gasteiger partial charge >= 0.3 is 10.1 Å². The van der Waals surface area contributed by atoms with Crippen molar-refractivity contribution in [3.05, 3.63) is 69.2 Å². The van der Waals surface area contributed by atoms with Crippen molar-refractivity contribution in [3.63, 3.8) is 0 Å². The first kappa shape index (κ1) is 19.9. The van der Waals surface area contributed by atoms with Crippen LogP contribution < -0.4 is 9.50 Å². The summed E-state index contributed by atoms with van der Waals surface area (Å²) < 4.78 is 29.7. The Kier molecular flexibility index (Phi) is 5.18. The maximum absolute atomic E-state index is 12.4. The summed E-state index contributed by atoms with van der Waals surface area (Å²) >= 11 is 1.33. The number of hydrogen-bond acceptors (Lipinski definition) is 9. The number of nitro groups is 1. The van der Waals surface area contributed by atoms with E-state index in [1.165, 1.54) is 53.8 Å². The predicted octanol–water partition coefficient (Wildman–Crippen LogP) is 3.34. The summed E-state index contributed by atoms with van der Waals surface area (Å²) in [5, 5.41) is 22.8. The summed E-state index contributed by atoms with van der Waals surface area (Å²) in [6.45, 7) is 0. The van der Waals surface area contributed by atoms with Gasteiger partial charge in [0.1, 0.15) is 15.7 Å². The molecule has 3 aromatic rings. The third kappa shape index (κ3) is 4.44. The quantitative estimate of drug-likeness (QED) is 0.331. The van der Waals surface area contributed by atoms with E-state index in [4.69, 9.17) is 4.18 Å². The number of benzene rings is 2. The third-order valence-electron chi connectivity index (χ3n) is 4.23. The van der Waals surface area contributed by atoms with Crippen LogP contribution in [0.4, 0.5) is 10.8 Å². The van der Waals surface area contributed by atoms with Crippen LogP contribution in [0.15, 0.2) is 53.4 Å². The lowest BCUT2D eigenvalue weighted by molar-refractivity contribution is -0.385. The highest BCUT2D eigenvalue weighted by Gasteiger charge is 2.28.